The number of fused-ring (bicyclic) bond motifs is 2. The average molecular weight is 462 g/mol. The fourth-order valence-corrected chi connectivity index (χ4v) is 4.63. The van der Waals surface area contributed by atoms with Gasteiger partial charge in [0.2, 0.25) is 5.91 Å². The van der Waals surface area contributed by atoms with Crippen LogP contribution in [0.3, 0.4) is 0 Å². The van der Waals surface area contributed by atoms with Crippen molar-refractivity contribution in [3.05, 3.63) is 40.6 Å². The van der Waals surface area contributed by atoms with Gasteiger partial charge in [-0.2, -0.15) is 0 Å². The van der Waals surface area contributed by atoms with Gasteiger partial charge in [-0.3, -0.25) is 4.79 Å². The molecule has 3 atom stereocenters. The fraction of sp³-hybridized carbons (Fsp3) is 0.545. The number of rotatable bonds is 3. The highest BCUT2D eigenvalue weighted by Gasteiger charge is 2.61. The van der Waals surface area contributed by atoms with Crippen molar-refractivity contribution in [2.45, 2.75) is 45.8 Å². The summed E-state index contributed by atoms with van der Waals surface area (Å²) in [5.41, 5.74) is 1.17. The smallest absolute Gasteiger partial charge is 0.410 e. The summed E-state index contributed by atoms with van der Waals surface area (Å²) in [7, 11) is 0. The van der Waals surface area contributed by atoms with Crippen molar-refractivity contribution < 1.29 is 14.3 Å². The lowest BCUT2D eigenvalue weighted by Crippen LogP contribution is -2.44. The van der Waals surface area contributed by atoms with Crippen molar-refractivity contribution in [2.24, 2.45) is 17.8 Å². The van der Waals surface area contributed by atoms with E-state index in [-0.39, 0.29) is 29.8 Å². The van der Waals surface area contributed by atoms with Crippen LogP contribution in [0.25, 0.3) is 5.52 Å². The number of carbonyl (C=O) groups excluding carboxylic acids is 2. The molecule has 1 N–H and O–H groups in total. The standard InChI is InChI=1S/C22H28BrN3O3/c1-21(2,3)29-20(28)26-11-16-17(12-26)18(16)19(27)24-22(4,5)13-8-15-7-6-14(23)10-25(15)9-13/h6-10,16-18H,11-12H2,1-5H3,(H,24,27)/t16-,17+,18+. The summed E-state index contributed by atoms with van der Waals surface area (Å²) >= 11 is 3.49. The molecule has 1 saturated carbocycles. The minimum atomic E-state index is -0.499. The summed E-state index contributed by atoms with van der Waals surface area (Å²) in [5.74, 6) is 0.536. The van der Waals surface area contributed by atoms with Crippen LogP contribution in [0.5, 0.6) is 0 Å². The van der Waals surface area contributed by atoms with E-state index in [1.165, 1.54) is 0 Å². The van der Waals surface area contributed by atoms with E-state index in [0.717, 1.165) is 15.6 Å². The van der Waals surface area contributed by atoms with E-state index in [1.54, 1.807) is 4.90 Å². The predicted octanol–water partition coefficient (Wildman–Crippen LogP) is 4.17. The minimum Gasteiger partial charge on any atom is -0.444 e. The quantitative estimate of drug-likeness (QED) is 0.745. The predicted molar refractivity (Wildman–Crippen MR) is 115 cm³/mol. The first-order valence-corrected chi connectivity index (χ1v) is 10.8. The summed E-state index contributed by atoms with van der Waals surface area (Å²) in [5, 5.41) is 3.22. The number of piperidine rings is 1. The zero-order valence-electron chi connectivity index (χ0n) is 17.5. The van der Waals surface area contributed by atoms with Crippen molar-refractivity contribution in [3.63, 3.8) is 0 Å². The molecule has 2 aromatic heterocycles. The molecular weight excluding hydrogens is 434 g/mol. The topological polar surface area (TPSA) is 63.0 Å². The van der Waals surface area contributed by atoms with E-state index in [0.29, 0.717) is 13.1 Å². The maximum Gasteiger partial charge on any atom is 0.410 e. The van der Waals surface area contributed by atoms with Crippen LogP contribution in [0.1, 0.15) is 40.2 Å². The number of carbonyl (C=O) groups is 2. The Morgan fingerprint density at radius 1 is 1.10 bits per heavy atom. The molecule has 1 aliphatic carbocycles. The first-order valence-electron chi connectivity index (χ1n) is 10.0. The lowest BCUT2D eigenvalue weighted by Gasteiger charge is -2.28. The number of nitrogens with one attached hydrogen (secondary N) is 1. The molecule has 0 radical (unpaired) electrons. The molecule has 156 valence electrons. The van der Waals surface area contributed by atoms with Crippen molar-refractivity contribution in [2.75, 3.05) is 13.1 Å². The van der Waals surface area contributed by atoms with Gasteiger partial charge in [-0.05, 0) is 86.1 Å². The van der Waals surface area contributed by atoms with Crippen LogP contribution < -0.4 is 5.32 Å². The highest BCUT2D eigenvalue weighted by molar-refractivity contribution is 9.10. The number of ether oxygens (including phenoxy) is 1. The van der Waals surface area contributed by atoms with E-state index in [2.05, 4.69) is 37.9 Å². The third-order valence-electron chi connectivity index (χ3n) is 5.86. The molecule has 0 unspecified atom stereocenters. The van der Waals surface area contributed by atoms with Gasteiger partial charge < -0.3 is 19.4 Å². The summed E-state index contributed by atoms with van der Waals surface area (Å²) in [4.78, 5) is 26.9. The molecule has 6 nitrogen and oxygen atoms in total. The third kappa shape index (κ3) is 4.02. The molecule has 1 aliphatic heterocycles. The zero-order chi connectivity index (χ0) is 21.1. The molecule has 0 bridgehead atoms. The van der Waals surface area contributed by atoms with Crippen molar-refractivity contribution >= 4 is 33.4 Å². The van der Waals surface area contributed by atoms with Gasteiger partial charge in [0.05, 0.1) is 5.54 Å². The Bertz CT molecular complexity index is 963. The maximum atomic E-state index is 12.9. The summed E-state index contributed by atoms with van der Waals surface area (Å²) in [6.45, 7) is 10.8. The number of likely N-dealkylation sites (tertiary alicyclic amines) is 1. The lowest BCUT2D eigenvalue weighted by atomic mass is 9.96. The Balaban J connectivity index is 1.37. The molecular formula is C22H28BrN3O3. The number of amides is 2. The number of nitrogens with zero attached hydrogens (tertiary/aromatic N) is 2. The van der Waals surface area contributed by atoms with Gasteiger partial charge in [0.15, 0.2) is 0 Å². The Morgan fingerprint density at radius 3 is 2.38 bits per heavy atom. The minimum absolute atomic E-state index is 0.0147. The van der Waals surface area contributed by atoms with Crippen LogP contribution in [0, 0.1) is 17.8 Å². The van der Waals surface area contributed by atoms with Crippen LogP contribution in [-0.2, 0) is 15.1 Å². The van der Waals surface area contributed by atoms with Crippen LogP contribution in [0.2, 0.25) is 0 Å². The number of halogens is 1. The van der Waals surface area contributed by atoms with Gasteiger partial charge in [0, 0.05) is 41.4 Å². The van der Waals surface area contributed by atoms with E-state index in [9.17, 15) is 9.59 Å². The summed E-state index contributed by atoms with van der Waals surface area (Å²) < 4.78 is 8.50. The Labute approximate surface area is 179 Å². The second-order valence-corrected chi connectivity index (χ2v) is 10.7. The normalized spacial score (nSPS) is 23.8. The van der Waals surface area contributed by atoms with Crippen LogP contribution in [0.15, 0.2) is 35.1 Å². The molecule has 1 saturated heterocycles. The van der Waals surface area contributed by atoms with E-state index in [1.807, 2.05) is 52.9 Å². The molecule has 4 rings (SSSR count). The maximum absolute atomic E-state index is 12.9. The lowest BCUT2D eigenvalue weighted by molar-refractivity contribution is -0.125. The van der Waals surface area contributed by atoms with Gasteiger partial charge in [-0.15, -0.1) is 0 Å². The Kier molecular flexibility index (Phi) is 4.72. The molecule has 2 aromatic rings. The SMILES string of the molecule is CC(C)(C)OC(=O)N1C[C@@H]2[C@H](C1)[C@H]2C(=O)NC(C)(C)c1cc2ccc(Br)cn2c1. The van der Waals surface area contributed by atoms with E-state index < -0.39 is 11.1 Å². The van der Waals surface area contributed by atoms with Crippen molar-refractivity contribution in [1.82, 2.24) is 14.6 Å². The zero-order valence-corrected chi connectivity index (χ0v) is 19.1. The van der Waals surface area contributed by atoms with Crippen LogP contribution >= 0.6 is 15.9 Å². The molecule has 2 fully saturated rings. The van der Waals surface area contributed by atoms with Gasteiger partial charge >= 0.3 is 6.09 Å². The second-order valence-electron chi connectivity index (χ2n) is 9.76. The highest BCUT2D eigenvalue weighted by Crippen LogP contribution is 2.52. The number of pyridine rings is 1. The molecule has 3 heterocycles. The molecule has 0 aromatic carbocycles. The van der Waals surface area contributed by atoms with Gasteiger partial charge in [0.1, 0.15) is 5.60 Å². The molecule has 2 aliphatic rings. The Hall–Kier alpha value is -2.02. The average Bonchev–Trinajstić information content (AvgIpc) is 2.94. The number of hydrogen-bond donors (Lipinski definition) is 1. The number of aromatic nitrogens is 1. The molecule has 0 spiro atoms. The number of hydrogen-bond acceptors (Lipinski definition) is 3. The largest absolute Gasteiger partial charge is 0.444 e. The van der Waals surface area contributed by atoms with Crippen molar-refractivity contribution in [3.8, 4) is 0 Å². The van der Waals surface area contributed by atoms with E-state index >= 15 is 0 Å². The second kappa shape index (κ2) is 6.76. The van der Waals surface area contributed by atoms with Gasteiger partial charge in [-0.1, -0.05) is 0 Å². The van der Waals surface area contributed by atoms with Crippen LogP contribution in [-0.4, -0.2) is 40.0 Å². The first-order chi connectivity index (χ1) is 13.4. The highest BCUT2D eigenvalue weighted by atomic mass is 79.9. The van der Waals surface area contributed by atoms with E-state index in [4.69, 9.17) is 4.74 Å². The third-order valence-corrected chi connectivity index (χ3v) is 6.33. The Morgan fingerprint density at radius 2 is 1.76 bits per heavy atom. The van der Waals surface area contributed by atoms with Gasteiger partial charge in [0.25, 0.3) is 0 Å². The first kappa shape index (κ1) is 20.3. The summed E-state index contributed by atoms with van der Waals surface area (Å²) in [6, 6.07) is 6.15. The molecule has 29 heavy (non-hydrogen) atoms. The van der Waals surface area contributed by atoms with Crippen molar-refractivity contribution in [1.29, 1.82) is 0 Å². The van der Waals surface area contributed by atoms with Gasteiger partial charge in [-0.25, -0.2) is 4.79 Å². The monoisotopic (exact) mass is 461 g/mol. The molecule has 2 amide bonds. The fourth-order valence-electron chi connectivity index (χ4n) is 4.28. The van der Waals surface area contributed by atoms with Crippen LogP contribution in [0.4, 0.5) is 4.79 Å². The summed E-state index contributed by atoms with van der Waals surface area (Å²) in [6.07, 6.45) is 3.78. The molecule has 7 heteroatoms.